The van der Waals surface area contributed by atoms with Crippen LogP contribution in [-0.4, -0.2) is 43.0 Å². The topological polar surface area (TPSA) is 67.9 Å². The molecule has 2 aromatic rings. The third kappa shape index (κ3) is 8.75. The quantitative estimate of drug-likeness (QED) is 0.447. The standard InChI is InChI=1S/C26H35FN2O4/c1-5-24(26(31)28-17-19(2)3)29(18-20-8-10-21(27)11-9-20)25(30)7-6-16-33-23-14-12-22(32-4)13-15-23/h8-15,19,24H,5-7,16-18H2,1-4H3,(H,28,31). The van der Waals surface area contributed by atoms with Gasteiger partial charge in [-0.05, 0) is 60.7 Å². The number of amides is 2. The summed E-state index contributed by atoms with van der Waals surface area (Å²) >= 11 is 0. The zero-order chi connectivity index (χ0) is 24.2. The van der Waals surface area contributed by atoms with Gasteiger partial charge in [0.05, 0.1) is 13.7 Å². The largest absolute Gasteiger partial charge is 0.497 e. The van der Waals surface area contributed by atoms with E-state index in [1.165, 1.54) is 12.1 Å². The van der Waals surface area contributed by atoms with Crippen LogP contribution < -0.4 is 14.8 Å². The minimum Gasteiger partial charge on any atom is -0.497 e. The molecular formula is C26H35FN2O4. The predicted molar refractivity (Wildman–Crippen MR) is 127 cm³/mol. The summed E-state index contributed by atoms with van der Waals surface area (Å²) in [6.45, 7) is 7.09. The first-order chi connectivity index (χ1) is 15.8. The number of ether oxygens (including phenoxy) is 2. The Hall–Kier alpha value is -3.09. The van der Waals surface area contributed by atoms with Crippen LogP contribution in [-0.2, 0) is 16.1 Å². The van der Waals surface area contributed by atoms with E-state index in [1.807, 2.05) is 45.0 Å². The van der Waals surface area contributed by atoms with Crippen molar-refractivity contribution in [3.8, 4) is 11.5 Å². The van der Waals surface area contributed by atoms with Gasteiger partial charge in [0, 0.05) is 19.5 Å². The molecule has 6 nitrogen and oxygen atoms in total. The number of benzene rings is 2. The number of halogens is 1. The fourth-order valence-corrected chi connectivity index (χ4v) is 3.36. The Morgan fingerprint density at radius 3 is 2.24 bits per heavy atom. The van der Waals surface area contributed by atoms with E-state index >= 15 is 0 Å². The fourth-order valence-electron chi connectivity index (χ4n) is 3.36. The molecule has 0 saturated carbocycles. The van der Waals surface area contributed by atoms with Gasteiger partial charge in [-0.15, -0.1) is 0 Å². The lowest BCUT2D eigenvalue weighted by Crippen LogP contribution is -2.49. The van der Waals surface area contributed by atoms with Crippen LogP contribution in [0.25, 0.3) is 0 Å². The van der Waals surface area contributed by atoms with Gasteiger partial charge in [0.25, 0.3) is 0 Å². The molecular weight excluding hydrogens is 423 g/mol. The van der Waals surface area contributed by atoms with Gasteiger partial charge in [-0.25, -0.2) is 4.39 Å². The van der Waals surface area contributed by atoms with E-state index in [-0.39, 0.29) is 30.6 Å². The Morgan fingerprint density at radius 1 is 1.03 bits per heavy atom. The molecule has 1 unspecified atom stereocenters. The highest BCUT2D eigenvalue weighted by Gasteiger charge is 2.28. The first-order valence-electron chi connectivity index (χ1n) is 11.4. The third-order valence-corrected chi connectivity index (χ3v) is 5.20. The maximum atomic E-state index is 13.3. The van der Waals surface area contributed by atoms with Crippen molar-refractivity contribution in [3.63, 3.8) is 0 Å². The third-order valence-electron chi connectivity index (χ3n) is 5.20. The predicted octanol–water partition coefficient (Wildman–Crippen LogP) is 4.57. The number of carbonyl (C=O) groups is 2. The van der Waals surface area contributed by atoms with Gasteiger partial charge in [-0.3, -0.25) is 9.59 Å². The van der Waals surface area contributed by atoms with Crippen molar-refractivity contribution in [1.29, 1.82) is 0 Å². The molecule has 0 fully saturated rings. The Labute approximate surface area is 196 Å². The van der Waals surface area contributed by atoms with Crippen molar-refractivity contribution in [2.45, 2.75) is 52.6 Å². The van der Waals surface area contributed by atoms with E-state index in [0.717, 1.165) is 11.3 Å². The number of hydrogen-bond donors (Lipinski definition) is 1. The molecule has 0 bridgehead atoms. The minimum absolute atomic E-state index is 0.135. The maximum absolute atomic E-state index is 13.3. The van der Waals surface area contributed by atoms with E-state index in [4.69, 9.17) is 9.47 Å². The number of rotatable bonds is 13. The number of methoxy groups -OCH3 is 1. The number of nitrogens with one attached hydrogen (secondary N) is 1. The molecule has 0 aliphatic rings. The summed E-state index contributed by atoms with van der Waals surface area (Å²) in [5.74, 6) is 1.11. The van der Waals surface area contributed by atoms with Crippen molar-refractivity contribution in [2.24, 2.45) is 5.92 Å². The minimum atomic E-state index is -0.594. The van der Waals surface area contributed by atoms with Gasteiger partial charge in [-0.1, -0.05) is 32.9 Å². The highest BCUT2D eigenvalue weighted by Crippen LogP contribution is 2.18. The molecule has 2 amide bonds. The molecule has 0 aromatic heterocycles. The average Bonchev–Trinajstić information content (AvgIpc) is 2.81. The van der Waals surface area contributed by atoms with E-state index in [9.17, 15) is 14.0 Å². The zero-order valence-electron chi connectivity index (χ0n) is 20.0. The van der Waals surface area contributed by atoms with E-state index in [0.29, 0.717) is 37.7 Å². The van der Waals surface area contributed by atoms with Crippen LogP contribution in [0.3, 0.4) is 0 Å². The molecule has 2 aromatic carbocycles. The lowest BCUT2D eigenvalue weighted by molar-refractivity contribution is -0.141. The van der Waals surface area contributed by atoms with Crippen LogP contribution in [0.2, 0.25) is 0 Å². The molecule has 180 valence electrons. The van der Waals surface area contributed by atoms with Crippen LogP contribution in [0, 0.1) is 11.7 Å². The zero-order valence-corrected chi connectivity index (χ0v) is 20.0. The summed E-state index contributed by atoms with van der Waals surface area (Å²) in [5.41, 5.74) is 0.773. The monoisotopic (exact) mass is 458 g/mol. The Kier molecular flexibility index (Phi) is 10.7. The van der Waals surface area contributed by atoms with E-state index in [1.54, 1.807) is 24.1 Å². The van der Waals surface area contributed by atoms with E-state index in [2.05, 4.69) is 5.32 Å². The second-order valence-corrected chi connectivity index (χ2v) is 8.34. The summed E-state index contributed by atoms with van der Waals surface area (Å²) in [6.07, 6.45) is 1.24. The number of hydrogen-bond acceptors (Lipinski definition) is 4. The molecule has 0 heterocycles. The van der Waals surface area contributed by atoms with Crippen molar-refractivity contribution in [2.75, 3.05) is 20.3 Å². The van der Waals surface area contributed by atoms with Crippen LogP contribution in [0.4, 0.5) is 4.39 Å². The Morgan fingerprint density at radius 2 is 1.67 bits per heavy atom. The lowest BCUT2D eigenvalue weighted by atomic mass is 10.1. The van der Waals surface area contributed by atoms with Crippen molar-refractivity contribution in [3.05, 3.63) is 59.9 Å². The summed E-state index contributed by atoms with van der Waals surface area (Å²) in [7, 11) is 1.60. The first-order valence-corrected chi connectivity index (χ1v) is 11.4. The van der Waals surface area contributed by atoms with Gasteiger partial charge in [-0.2, -0.15) is 0 Å². The molecule has 0 saturated heterocycles. The van der Waals surface area contributed by atoms with Gasteiger partial charge < -0.3 is 19.7 Å². The van der Waals surface area contributed by atoms with Crippen LogP contribution in [0.1, 0.15) is 45.6 Å². The fraction of sp³-hybridized carbons (Fsp3) is 0.462. The van der Waals surface area contributed by atoms with E-state index < -0.39 is 6.04 Å². The molecule has 2 rings (SSSR count). The molecule has 7 heteroatoms. The van der Waals surface area contributed by atoms with Crippen LogP contribution >= 0.6 is 0 Å². The molecule has 0 aliphatic carbocycles. The van der Waals surface area contributed by atoms with Crippen LogP contribution in [0.5, 0.6) is 11.5 Å². The normalized spacial score (nSPS) is 11.7. The summed E-state index contributed by atoms with van der Waals surface area (Å²) in [4.78, 5) is 27.6. The number of carbonyl (C=O) groups excluding carboxylic acids is 2. The summed E-state index contributed by atoms with van der Waals surface area (Å²) in [6, 6.07) is 12.7. The second-order valence-electron chi connectivity index (χ2n) is 8.34. The van der Waals surface area contributed by atoms with Crippen molar-refractivity contribution in [1.82, 2.24) is 10.2 Å². The summed E-state index contributed by atoms with van der Waals surface area (Å²) in [5, 5.41) is 2.93. The second kappa shape index (κ2) is 13.5. The van der Waals surface area contributed by atoms with Crippen LogP contribution in [0.15, 0.2) is 48.5 Å². The SMILES string of the molecule is CCC(C(=O)NCC(C)C)N(Cc1ccc(F)cc1)C(=O)CCCOc1ccc(OC)cc1. The van der Waals surface area contributed by atoms with Gasteiger partial charge in [0.1, 0.15) is 23.4 Å². The van der Waals surface area contributed by atoms with Gasteiger partial charge in [0.2, 0.25) is 11.8 Å². The molecule has 33 heavy (non-hydrogen) atoms. The highest BCUT2D eigenvalue weighted by molar-refractivity contribution is 5.87. The van der Waals surface area contributed by atoms with Crippen molar-refractivity contribution >= 4 is 11.8 Å². The van der Waals surface area contributed by atoms with Gasteiger partial charge in [0.15, 0.2) is 0 Å². The molecule has 0 aliphatic heterocycles. The number of nitrogens with zero attached hydrogens (tertiary/aromatic N) is 1. The molecule has 0 spiro atoms. The highest BCUT2D eigenvalue weighted by atomic mass is 19.1. The maximum Gasteiger partial charge on any atom is 0.242 e. The Bertz CT molecular complexity index is 869. The van der Waals surface area contributed by atoms with Crippen molar-refractivity contribution < 1.29 is 23.5 Å². The molecule has 0 radical (unpaired) electrons. The summed E-state index contributed by atoms with van der Waals surface area (Å²) < 4.78 is 24.2. The average molecular weight is 459 g/mol. The lowest BCUT2D eigenvalue weighted by Gasteiger charge is -2.31. The molecule has 1 atom stereocenters. The smallest absolute Gasteiger partial charge is 0.242 e. The van der Waals surface area contributed by atoms with Gasteiger partial charge >= 0.3 is 0 Å². The first kappa shape index (κ1) is 26.2. The Balaban J connectivity index is 2.02. The molecule has 1 N–H and O–H groups in total.